The maximum Gasteiger partial charge on any atom is 0.255 e. The smallest absolute Gasteiger partial charge is 0.255 e. The minimum Gasteiger partial charge on any atom is -0.380 e. The zero-order chi connectivity index (χ0) is 18.6. The van der Waals surface area contributed by atoms with E-state index in [2.05, 4.69) is 25.7 Å². The molecule has 1 saturated heterocycles. The molecule has 2 aromatic carbocycles. The number of tetrazole rings is 1. The van der Waals surface area contributed by atoms with Crippen molar-refractivity contribution in [3.05, 3.63) is 60.4 Å². The summed E-state index contributed by atoms with van der Waals surface area (Å²) in [7, 11) is 1.75. The number of carbonyl (C=O) groups is 1. The van der Waals surface area contributed by atoms with Crippen molar-refractivity contribution >= 4 is 17.3 Å². The highest BCUT2D eigenvalue weighted by atomic mass is 16.5. The molecule has 2 heterocycles. The Hall–Kier alpha value is -3.26. The van der Waals surface area contributed by atoms with Crippen LogP contribution >= 0.6 is 0 Å². The number of hydrogen-bond donors (Lipinski definition) is 1. The minimum atomic E-state index is -0.182. The number of carbonyl (C=O) groups excluding carboxylic acids is 1. The van der Waals surface area contributed by atoms with Gasteiger partial charge in [0.15, 0.2) is 0 Å². The van der Waals surface area contributed by atoms with Crippen LogP contribution in [0.4, 0.5) is 11.4 Å². The van der Waals surface area contributed by atoms with Gasteiger partial charge in [0.2, 0.25) is 0 Å². The molecule has 1 atom stereocenters. The number of anilines is 2. The molecular weight excluding hydrogens is 344 g/mol. The molecule has 8 nitrogen and oxygen atoms in total. The maximum absolute atomic E-state index is 12.6. The van der Waals surface area contributed by atoms with Gasteiger partial charge in [-0.15, -0.1) is 5.10 Å². The fourth-order valence-corrected chi connectivity index (χ4v) is 3.18. The van der Waals surface area contributed by atoms with Crippen LogP contribution in [0.3, 0.4) is 0 Å². The molecule has 1 aromatic heterocycles. The number of benzene rings is 2. The van der Waals surface area contributed by atoms with E-state index in [9.17, 15) is 4.79 Å². The van der Waals surface area contributed by atoms with Crippen molar-refractivity contribution in [1.82, 2.24) is 20.2 Å². The van der Waals surface area contributed by atoms with E-state index in [1.165, 1.54) is 11.0 Å². The molecule has 1 aliphatic heterocycles. The van der Waals surface area contributed by atoms with Crippen LogP contribution in [0.1, 0.15) is 16.8 Å². The van der Waals surface area contributed by atoms with Crippen molar-refractivity contribution in [2.75, 3.05) is 30.4 Å². The lowest BCUT2D eigenvalue weighted by atomic mass is 10.2. The predicted molar refractivity (Wildman–Crippen MR) is 101 cm³/mol. The number of amides is 1. The topological polar surface area (TPSA) is 85.2 Å². The summed E-state index contributed by atoms with van der Waals surface area (Å²) in [5.41, 5.74) is 3.14. The third-order valence-electron chi connectivity index (χ3n) is 4.69. The minimum absolute atomic E-state index is 0.182. The van der Waals surface area contributed by atoms with Gasteiger partial charge in [0, 0.05) is 37.1 Å². The summed E-state index contributed by atoms with van der Waals surface area (Å²) >= 11 is 0. The molecule has 1 aliphatic rings. The summed E-state index contributed by atoms with van der Waals surface area (Å²) in [6.07, 6.45) is 2.81. The molecule has 0 aliphatic carbocycles. The van der Waals surface area contributed by atoms with E-state index in [0.29, 0.717) is 5.56 Å². The van der Waals surface area contributed by atoms with Crippen molar-refractivity contribution in [1.29, 1.82) is 0 Å². The van der Waals surface area contributed by atoms with Gasteiger partial charge in [-0.2, -0.15) is 0 Å². The molecular formula is C19H20N6O2. The Kier molecular flexibility index (Phi) is 4.80. The second-order valence-electron chi connectivity index (χ2n) is 6.40. The first-order valence-corrected chi connectivity index (χ1v) is 8.75. The number of rotatable bonds is 5. The first kappa shape index (κ1) is 17.2. The Labute approximate surface area is 156 Å². The third-order valence-corrected chi connectivity index (χ3v) is 4.69. The number of nitrogens with one attached hydrogen (secondary N) is 1. The number of ether oxygens (including phenoxy) is 1. The summed E-state index contributed by atoms with van der Waals surface area (Å²) in [5, 5.41) is 14.0. The van der Waals surface area contributed by atoms with Gasteiger partial charge in [0.25, 0.3) is 5.91 Å². The molecule has 138 valence electrons. The molecule has 3 aromatic rings. The molecule has 4 rings (SSSR count). The molecule has 1 fully saturated rings. The van der Waals surface area contributed by atoms with Crippen LogP contribution in [0.2, 0.25) is 0 Å². The van der Waals surface area contributed by atoms with Crippen LogP contribution in [0.5, 0.6) is 0 Å². The largest absolute Gasteiger partial charge is 0.380 e. The molecule has 1 N–H and O–H groups in total. The summed E-state index contributed by atoms with van der Waals surface area (Å²) in [6.45, 7) is 1.88. The Balaban J connectivity index is 1.43. The highest BCUT2D eigenvalue weighted by Gasteiger charge is 2.22. The molecule has 0 spiro atoms. The van der Waals surface area contributed by atoms with Crippen LogP contribution in [-0.4, -0.2) is 52.4 Å². The molecule has 27 heavy (non-hydrogen) atoms. The van der Waals surface area contributed by atoms with Crippen molar-refractivity contribution in [3.63, 3.8) is 0 Å². The van der Waals surface area contributed by atoms with Crippen LogP contribution in [0.15, 0.2) is 54.9 Å². The van der Waals surface area contributed by atoms with Crippen LogP contribution in [-0.2, 0) is 4.74 Å². The van der Waals surface area contributed by atoms with Gasteiger partial charge < -0.3 is 15.0 Å². The van der Waals surface area contributed by atoms with Crippen molar-refractivity contribution < 1.29 is 9.53 Å². The van der Waals surface area contributed by atoms with E-state index in [1.54, 1.807) is 25.3 Å². The van der Waals surface area contributed by atoms with Crippen molar-refractivity contribution in [3.8, 4) is 5.69 Å². The highest BCUT2D eigenvalue weighted by molar-refractivity contribution is 6.04. The van der Waals surface area contributed by atoms with Crippen molar-refractivity contribution in [2.24, 2.45) is 0 Å². The Bertz CT molecular complexity index is 910. The fourth-order valence-electron chi connectivity index (χ4n) is 3.18. The van der Waals surface area contributed by atoms with E-state index >= 15 is 0 Å². The van der Waals surface area contributed by atoms with Gasteiger partial charge in [-0.05, 0) is 59.3 Å². The molecule has 8 heteroatoms. The molecule has 1 amide bonds. The first-order chi connectivity index (χ1) is 13.2. The van der Waals surface area contributed by atoms with E-state index in [0.717, 1.165) is 36.6 Å². The Morgan fingerprint density at radius 1 is 1.19 bits per heavy atom. The summed E-state index contributed by atoms with van der Waals surface area (Å²) in [6, 6.07) is 15.0. The molecule has 0 saturated carbocycles. The lowest BCUT2D eigenvalue weighted by Crippen LogP contribution is -2.22. The number of methoxy groups -OCH3 is 1. The molecule has 1 unspecified atom stereocenters. The van der Waals surface area contributed by atoms with Gasteiger partial charge in [-0.25, -0.2) is 4.68 Å². The fraction of sp³-hybridized carbons (Fsp3) is 0.263. The van der Waals surface area contributed by atoms with E-state index in [1.807, 2.05) is 30.3 Å². The summed E-state index contributed by atoms with van der Waals surface area (Å²) in [4.78, 5) is 14.8. The average Bonchev–Trinajstić information content (AvgIpc) is 3.41. The molecule has 0 bridgehead atoms. The van der Waals surface area contributed by atoms with Crippen molar-refractivity contribution in [2.45, 2.75) is 12.5 Å². The highest BCUT2D eigenvalue weighted by Crippen LogP contribution is 2.23. The van der Waals surface area contributed by atoms with Gasteiger partial charge in [0.05, 0.1) is 11.8 Å². The van der Waals surface area contributed by atoms with E-state index < -0.39 is 0 Å². The average molecular weight is 364 g/mol. The van der Waals surface area contributed by atoms with Gasteiger partial charge in [-0.1, -0.05) is 6.07 Å². The number of hydrogen-bond acceptors (Lipinski definition) is 6. The SMILES string of the molecule is COC1CCN(c2ccc(NC(=O)c3cccc(-n4cnnn4)c3)cc2)C1. The lowest BCUT2D eigenvalue weighted by Gasteiger charge is -2.18. The predicted octanol–water partition coefficient (Wildman–Crippen LogP) is 2.14. The Morgan fingerprint density at radius 2 is 2.04 bits per heavy atom. The summed E-state index contributed by atoms with van der Waals surface area (Å²) in [5.74, 6) is -0.182. The number of nitrogens with zero attached hydrogens (tertiary/aromatic N) is 5. The van der Waals surface area contributed by atoms with Crippen LogP contribution < -0.4 is 10.2 Å². The van der Waals surface area contributed by atoms with Crippen LogP contribution in [0.25, 0.3) is 5.69 Å². The Morgan fingerprint density at radius 3 is 2.74 bits per heavy atom. The number of aromatic nitrogens is 4. The zero-order valence-corrected chi connectivity index (χ0v) is 14.9. The van der Waals surface area contributed by atoms with Gasteiger partial charge in [-0.3, -0.25) is 4.79 Å². The summed E-state index contributed by atoms with van der Waals surface area (Å²) < 4.78 is 6.92. The standard InChI is InChI=1S/C19H20N6O2/c1-27-18-9-10-24(12-18)16-7-5-15(6-8-16)21-19(26)14-3-2-4-17(11-14)25-13-20-22-23-25/h2-8,11,13,18H,9-10,12H2,1H3,(H,21,26). The first-order valence-electron chi connectivity index (χ1n) is 8.75. The van der Waals surface area contributed by atoms with E-state index in [-0.39, 0.29) is 12.0 Å². The maximum atomic E-state index is 12.6. The van der Waals surface area contributed by atoms with Crippen LogP contribution in [0, 0.1) is 0 Å². The quantitative estimate of drug-likeness (QED) is 0.747. The second-order valence-corrected chi connectivity index (χ2v) is 6.40. The normalized spacial score (nSPS) is 16.5. The third kappa shape index (κ3) is 3.80. The van der Waals surface area contributed by atoms with E-state index in [4.69, 9.17) is 4.74 Å². The lowest BCUT2D eigenvalue weighted by molar-refractivity contribution is 0.102. The zero-order valence-electron chi connectivity index (χ0n) is 14.9. The second kappa shape index (κ2) is 7.55. The van der Waals surface area contributed by atoms with Gasteiger partial charge in [0.1, 0.15) is 6.33 Å². The monoisotopic (exact) mass is 364 g/mol. The van der Waals surface area contributed by atoms with Gasteiger partial charge >= 0.3 is 0 Å². The molecule has 0 radical (unpaired) electrons.